The molecular formula is C16H21ClN4O2. The summed E-state index contributed by atoms with van der Waals surface area (Å²) in [6, 6.07) is 5.12. The number of halogens is 1. The van der Waals surface area contributed by atoms with Gasteiger partial charge in [0.25, 0.3) is 0 Å². The summed E-state index contributed by atoms with van der Waals surface area (Å²) >= 11 is 5.99. The Morgan fingerprint density at radius 3 is 2.91 bits per heavy atom. The number of nitrogens with zero attached hydrogens (tertiary/aromatic N) is 2. The molecule has 0 aliphatic heterocycles. The van der Waals surface area contributed by atoms with Crippen LogP contribution in [0.3, 0.4) is 0 Å². The van der Waals surface area contributed by atoms with Crippen LogP contribution in [0, 0.1) is 0 Å². The number of aromatic nitrogens is 2. The number of amides is 2. The van der Waals surface area contributed by atoms with Crippen LogP contribution < -0.4 is 15.4 Å². The van der Waals surface area contributed by atoms with Gasteiger partial charge in [0.1, 0.15) is 5.75 Å². The molecule has 1 aromatic heterocycles. The Hall–Kier alpha value is -2.21. The van der Waals surface area contributed by atoms with Crippen molar-refractivity contribution in [3.8, 4) is 5.75 Å². The van der Waals surface area contributed by atoms with Crippen molar-refractivity contribution in [1.29, 1.82) is 0 Å². The molecule has 2 amide bonds. The first-order valence-electron chi connectivity index (χ1n) is 7.35. The van der Waals surface area contributed by atoms with E-state index in [1.165, 1.54) is 0 Å². The monoisotopic (exact) mass is 336 g/mol. The highest BCUT2D eigenvalue weighted by Gasteiger charge is 2.11. The lowest BCUT2D eigenvalue weighted by Gasteiger charge is -2.14. The summed E-state index contributed by atoms with van der Waals surface area (Å²) in [6.45, 7) is 2.40. The molecule has 0 aliphatic carbocycles. The molecule has 6 nitrogen and oxygen atoms in total. The Balaban J connectivity index is 1.82. The number of ether oxygens (including phenoxy) is 1. The molecule has 7 heteroatoms. The molecule has 0 fully saturated rings. The number of hydrogen-bond donors (Lipinski definition) is 2. The van der Waals surface area contributed by atoms with Crippen LogP contribution in [0.1, 0.15) is 24.1 Å². The average Bonchev–Trinajstić information content (AvgIpc) is 2.94. The first kappa shape index (κ1) is 17.1. The standard InChI is InChI=1S/C16H21ClN4O2/c1-11(13-9-19-21(2)10-13)20-16(22)18-7-6-12-8-14(17)4-5-15(12)23-3/h4-5,8-11H,6-7H2,1-3H3,(H2,18,20,22)/t11-/m1/s1. The zero-order chi connectivity index (χ0) is 16.8. The van der Waals surface area contributed by atoms with Crippen LogP contribution in [0.15, 0.2) is 30.6 Å². The van der Waals surface area contributed by atoms with Gasteiger partial charge in [-0.15, -0.1) is 0 Å². The zero-order valence-corrected chi connectivity index (χ0v) is 14.2. The summed E-state index contributed by atoms with van der Waals surface area (Å²) in [4.78, 5) is 11.9. The van der Waals surface area contributed by atoms with Crippen LogP contribution in [-0.4, -0.2) is 29.5 Å². The minimum Gasteiger partial charge on any atom is -0.496 e. The number of benzene rings is 1. The maximum atomic E-state index is 11.9. The van der Waals surface area contributed by atoms with Gasteiger partial charge in [-0.05, 0) is 37.1 Å². The van der Waals surface area contributed by atoms with Crippen molar-refractivity contribution in [3.05, 3.63) is 46.7 Å². The Kier molecular flexibility index (Phi) is 5.87. The molecule has 2 aromatic rings. The van der Waals surface area contributed by atoms with Gasteiger partial charge in [-0.2, -0.15) is 5.10 Å². The second-order valence-corrected chi connectivity index (χ2v) is 5.71. The van der Waals surface area contributed by atoms with Crippen molar-refractivity contribution < 1.29 is 9.53 Å². The van der Waals surface area contributed by atoms with Crippen molar-refractivity contribution in [2.24, 2.45) is 7.05 Å². The van der Waals surface area contributed by atoms with Crippen molar-refractivity contribution in [3.63, 3.8) is 0 Å². The maximum Gasteiger partial charge on any atom is 0.315 e. The second kappa shape index (κ2) is 7.87. The second-order valence-electron chi connectivity index (χ2n) is 5.28. The number of aryl methyl sites for hydroxylation is 1. The van der Waals surface area contributed by atoms with Gasteiger partial charge >= 0.3 is 6.03 Å². The highest BCUT2D eigenvalue weighted by molar-refractivity contribution is 6.30. The predicted octanol–water partition coefficient (Wildman–Crippen LogP) is 2.69. The van der Waals surface area contributed by atoms with Crippen LogP contribution in [0.25, 0.3) is 0 Å². The van der Waals surface area contributed by atoms with E-state index < -0.39 is 0 Å². The molecule has 0 radical (unpaired) electrons. The lowest BCUT2D eigenvalue weighted by atomic mass is 10.1. The predicted molar refractivity (Wildman–Crippen MR) is 89.9 cm³/mol. The Bertz CT molecular complexity index is 672. The Labute approximate surface area is 140 Å². The van der Waals surface area contributed by atoms with Gasteiger partial charge in [0.2, 0.25) is 0 Å². The van der Waals surface area contributed by atoms with Gasteiger partial charge in [0, 0.05) is 30.4 Å². The van der Waals surface area contributed by atoms with E-state index in [1.54, 1.807) is 24.1 Å². The van der Waals surface area contributed by atoms with E-state index in [0.717, 1.165) is 16.9 Å². The molecule has 0 saturated carbocycles. The van der Waals surface area contributed by atoms with Crippen molar-refractivity contribution in [2.45, 2.75) is 19.4 Å². The minimum atomic E-state index is -0.220. The van der Waals surface area contributed by atoms with E-state index in [4.69, 9.17) is 16.3 Å². The average molecular weight is 337 g/mol. The molecule has 0 saturated heterocycles. The molecule has 23 heavy (non-hydrogen) atoms. The Morgan fingerprint density at radius 1 is 1.48 bits per heavy atom. The number of nitrogens with one attached hydrogen (secondary N) is 2. The molecule has 1 atom stereocenters. The minimum absolute atomic E-state index is 0.107. The third kappa shape index (κ3) is 4.89. The fourth-order valence-electron chi connectivity index (χ4n) is 2.25. The number of methoxy groups -OCH3 is 1. The van der Waals surface area contributed by atoms with Gasteiger partial charge < -0.3 is 15.4 Å². The van der Waals surface area contributed by atoms with Gasteiger partial charge in [-0.25, -0.2) is 4.79 Å². The number of urea groups is 1. The highest BCUT2D eigenvalue weighted by Crippen LogP contribution is 2.22. The molecule has 0 aliphatic rings. The molecule has 2 rings (SSSR count). The van der Waals surface area contributed by atoms with Crippen LogP contribution in [0.2, 0.25) is 5.02 Å². The number of rotatable bonds is 6. The van der Waals surface area contributed by atoms with Crippen LogP contribution in [0.5, 0.6) is 5.75 Å². The van der Waals surface area contributed by atoms with Gasteiger partial charge in [0.15, 0.2) is 0 Å². The number of carbonyl (C=O) groups excluding carboxylic acids is 1. The van der Waals surface area contributed by atoms with E-state index in [0.29, 0.717) is 18.0 Å². The first-order chi connectivity index (χ1) is 11.0. The lowest BCUT2D eigenvalue weighted by molar-refractivity contribution is 0.238. The highest BCUT2D eigenvalue weighted by atomic mass is 35.5. The molecule has 0 spiro atoms. The topological polar surface area (TPSA) is 68.2 Å². The summed E-state index contributed by atoms with van der Waals surface area (Å²) in [6.07, 6.45) is 4.25. The molecule has 2 N–H and O–H groups in total. The zero-order valence-electron chi connectivity index (χ0n) is 13.5. The van der Waals surface area contributed by atoms with Crippen molar-refractivity contribution in [2.75, 3.05) is 13.7 Å². The summed E-state index contributed by atoms with van der Waals surface area (Å²) in [5, 5.41) is 10.4. The van der Waals surface area contributed by atoms with Crippen molar-refractivity contribution >= 4 is 17.6 Å². The normalized spacial score (nSPS) is 11.8. The molecule has 1 heterocycles. The third-order valence-corrected chi connectivity index (χ3v) is 3.73. The molecule has 0 bridgehead atoms. The van der Waals surface area contributed by atoms with E-state index in [2.05, 4.69) is 15.7 Å². The van der Waals surface area contributed by atoms with Gasteiger partial charge in [0.05, 0.1) is 19.3 Å². The molecule has 124 valence electrons. The van der Waals surface area contributed by atoms with Crippen LogP contribution >= 0.6 is 11.6 Å². The number of carbonyl (C=O) groups is 1. The Morgan fingerprint density at radius 2 is 2.26 bits per heavy atom. The molecule has 0 unspecified atom stereocenters. The smallest absolute Gasteiger partial charge is 0.315 e. The maximum absolute atomic E-state index is 11.9. The largest absolute Gasteiger partial charge is 0.496 e. The summed E-state index contributed by atoms with van der Waals surface area (Å²) in [7, 11) is 3.46. The summed E-state index contributed by atoms with van der Waals surface area (Å²) in [5.41, 5.74) is 1.92. The van der Waals surface area contributed by atoms with E-state index in [1.807, 2.05) is 32.3 Å². The SMILES string of the molecule is COc1ccc(Cl)cc1CCNC(=O)N[C@H](C)c1cnn(C)c1. The summed E-state index contributed by atoms with van der Waals surface area (Å²) in [5.74, 6) is 0.764. The number of hydrogen-bond acceptors (Lipinski definition) is 3. The quantitative estimate of drug-likeness (QED) is 0.852. The van der Waals surface area contributed by atoms with Crippen LogP contribution in [-0.2, 0) is 13.5 Å². The van der Waals surface area contributed by atoms with Crippen LogP contribution in [0.4, 0.5) is 4.79 Å². The van der Waals surface area contributed by atoms with Crippen molar-refractivity contribution in [1.82, 2.24) is 20.4 Å². The van der Waals surface area contributed by atoms with Gasteiger partial charge in [-0.1, -0.05) is 11.6 Å². The summed E-state index contributed by atoms with van der Waals surface area (Å²) < 4.78 is 6.99. The molecule has 1 aromatic carbocycles. The fourth-order valence-corrected chi connectivity index (χ4v) is 2.44. The fraction of sp³-hybridized carbons (Fsp3) is 0.375. The lowest BCUT2D eigenvalue weighted by Crippen LogP contribution is -2.38. The van der Waals surface area contributed by atoms with E-state index >= 15 is 0 Å². The van der Waals surface area contributed by atoms with Gasteiger partial charge in [-0.3, -0.25) is 4.68 Å². The van der Waals surface area contributed by atoms with E-state index in [9.17, 15) is 4.79 Å². The first-order valence-corrected chi connectivity index (χ1v) is 7.72. The molecular weight excluding hydrogens is 316 g/mol. The third-order valence-electron chi connectivity index (χ3n) is 3.49. The van der Waals surface area contributed by atoms with E-state index in [-0.39, 0.29) is 12.1 Å².